The van der Waals surface area contributed by atoms with Crippen molar-refractivity contribution in [3.8, 4) is 39.6 Å². The number of hydrogen-bond donors (Lipinski definition) is 0. The number of halogens is 3. The van der Waals surface area contributed by atoms with E-state index in [9.17, 15) is 14.0 Å². The van der Waals surface area contributed by atoms with Gasteiger partial charge in [0.15, 0.2) is 0 Å². The van der Waals surface area contributed by atoms with E-state index in [1.807, 2.05) is 18.2 Å². The molecule has 0 amide bonds. The number of benzene rings is 3. The van der Waals surface area contributed by atoms with Crippen LogP contribution in [0.3, 0.4) is 0 Å². The lowest BCUT2D eigenvalue weighted by Crippen LogP contribution is -1.95. The summed E-state index contributed by atoms with van der Waals surface area (Å²) in [6, 6.07) is 19.3. The Labute approximate surface area is 170 Å². The van der Waals surface area contributed by atoms with Crippen molar-refractivity contribution in [1.29, 1.82) is 5.26 Å². The quantitative estimate of drug-likeness (QED) is 0.404. The Morgan fingerprint density at radius 3 is 2.45 bits per heavy atom. The van der Waals surface area contributed by atoms with Crippen LogP contribution in [-0.2, 0) is 0 Å². The van der Waals surface area contributed by atoms with Gasteiger partial charge in [-0.05, 0) is 48.0 Å². The lowest BCUT2D eigenvalue weighted by Gasteiger charge is -2.10. The molecule has 6 heteroatoms. The molecule has 0 N–H and O–H groups in total. The van der Waals surface area contributed by atoms with Gasteiger partial charge in [0.25, 0.3) is 0 Å². The monoisotopic (exact) mass is 403 g/mol. The summed E-state index contributed by atoms with van der Waals surface area (Å²) in [6.45, 7) is 0. The van der Waals surface area contributed by atoms with E-state index in [1.54, 1.807) is 24.3 Å². The van der Waals surface area contributed by atoms with Crippen molar-refractivity contribution in [3.63, 3.8) is 0 Å². The van der Waals surface area contributed by atoms with Gasteiger partial charge in [-0.15, -0.1) is 0 Å². The minimum Gasteiger partial charge on any atom is -0.206 e. The summed E-state index contributed by atoms with van der Waals surface area (Å²) in [6.07, 6.45) is 1.54. The highest BCUT2D eigenvalue weighted by Gasteiger charge is 2.16. The van der Waals surface area contributed by atoms with Crippen LogP contribution < -0.4 is 0 Å². The molecule has 0 radical (unpaired) electrons. The van der Waals surface area contributed by atoms with Crippen molar-refractivity contribution in [1.82, 2.24) is 10.2 Å². The first kappa shape index (κ1) is 18.7. The highest BCUT2D eigenvalue weighted by Crippen LogP contribution is 2.33. The Hall–Kier alpha value is -3.62. The van der Waals surface area contributed by atoms with Crippen molar-refractivity contribution >= 4 is 11.6 Å². The Kier molecular flexibility index (Phi) is 5.03. The third-order valence-electron chi connectivity index (χ3n) is 4.48. The predicted octanol–water partition coefficient (Wildman–Crippen LogP) is 6.28. The molecular formula is C23H12ClF2N3. The van der Waals surface area contributed by atoms with Crippen molar-refractivity contribution in [2.45, 2.75) is 0 Å². The van der Waals surface area contributed by atoms with E-state index in [0.29, 0.717) is 21.8 Å². The first-order chi connectivity index (χ1) is 14.1. The van der Waals surface area contributed by atoms with Crippen LogP contribution in [0, 0.1) is 23.0 Å². The molecule has 140 valence electrons. The van der Waals surface area contributed by atoms with Crippen LogP contribution in [0.4, 0.5) is 8.78 Å². The van der Waals surface area contributed by atoms with Gasteiger partial charge in [-0.2, -0.15) is 15.5 Å². The summed E-state index contributed by atoms with van der Waals surface area (Å²) >= 11 is 6.05. The van der Waals surface area contributed by atoms with Crippen LogP contribution in [0.25, 0.3) is 33.5 Å². The summed E-state index contributed by atoms with van der Waals surface area (Å²) in [4.78, 5) is 0. The van der Waals surface area contributed by atoms with E-state index < -0.39 is 11.6 Å². The molecule has 0 atom stereocenters. The van der Waals surface area contributed by atoms with Crippen LogP contribution in [0.2, 0.25) is 5.02 Å². The molecule has 0 saturated carbocycles. The maximum absolute atomic E-state index is 14.5. The first-order valence-electron chi connectivity index (χ1n) is 8.64. The second-order valence-electron chi connectivity index (χ2n) is 6.31. The molecule has 0 bridgehead atoms. The fraction of sp³-hybridized carbons (Fsp3) is 0. The van der Waals surface area contributed by atoms with Gasteiger partial charge in [0.05, 0.1) is 23.5 Å². The molecule has 0 aliphatic rings. The summed E-state index contributed by atoms with van der Waals surface area (Å²) in [7, 11) is 0. The molecule has 29 heavy (non-hydrogen) atoms. The average Bonchev–Trinajstić information content (AvgIpc) is 2.74. The summed E-state index contributed by atoms with van der Waals surface area (Å²) < 4.78 is 28.9. The van der Waals surface area contributed by atoms with Gasteiger partial charge in [0, 0.05) is 27.3 Å². The Balaban J connectivity index is 1.84. The standard InChI is InChI=1S/C23H12ClF2N3/c24-18-5-1-3-15(9-18)22-11-17(13-28-29-22)14-7-8-20(25)19(10-14)23-16(12-27)4-2-6-21(23)26/h1-11,13H. The van der Waals surface area contributed by atoms with E-state index >= 15 is 0 Å². The predicted molar refractivity (Wildman–Crippen MR) is 108 cm³/mol. The Bertz CT molecular complexity index is 1270. The maximum atomic E-state index is 14.5. The van der Waals surface area contributed by atoms with Gasteiger partial charge in [-0.25, -0.2) is 8.78 Å². The van der Waals surface area contributed by atoms with Crippen molar-refractivity contribution in [2.75, 3.05) is 0 Å². The topological polar surface area (TPSA) is 49.6 Å². The lowest BCUT2D eigenvalue weighted by atomic mass is 9.95. The molecule has 0 aliphatic carbocycles. The second kappa shape index (κ2) is 7.78. The minimum absolute atomic E-state index is 0.0123. The molecule has 0 fully saturated rings. The molecule has 3 nitrogen and oxygen atoms in total. The number of hydrogen-bond acceptors (Lipinski definition) is 3. The van der Waals surface area contributed by atoms with Crippen molar-refractivity contribution < 1.29 is 8.78 Å². The number of rotatable bonds is 3. The SMILES string of the molecule is N#Cc1cccc(F)c1-c1cc(-c2cnnc(-c3cccc(Cl)c3)c2)ccc1F. The zero-order valence-corrected chi connectivity index (χ0v) is 15.7. The summed E-state index contributed by atoms with van der Waals surface area (Å²) in [5.41, 5.74) is 2.69. The van der Waals surface area contributed by atoms with Gasteiger partial charge in [0.2, 0.25) is 0 Å². The zero-order chi connectivity index (χ0) is 20.4. The van der Waals surface area contributed by atoms with Gasteiger partial charge in [0.1, 0.15) is 11.6 Å². The van der Waals surface area contributed by atoms with E-state index in [2.05, 4.69) is 10.2 Å². The molecular weight excluding hydrogens is 392 g/mol. The highest BCUT2D eigenvalue weighted by atomic mass is 35.5. The Morgan fingerprint density at radius 1 is 0.828 bits per heavy atom. The second-order valence-corrected chi connectivity index (χ2v) is 6.75. The maximum Gasteiger partial charge on any atom is 0.132 e. The van der Waals surface area contributed by atoms with E-state index in [1.165, 1.54) is 36.5 Å². The molecule has 0 unspecified atom stereocenters. The smallest absolute Gasteiger partial charge is 0.132 e. The van der Waals surface area contributed by atoms with Crippen LogP contribution >= 0.6 is 11.6 Å². The number of aromatic nitrogens is 2. The fourth-order valence-electron chi connectivity index (χ4n) is 3.10. The molecule has 0 aliphatic heterocycles. The van der Waals surface area contributed by atoms with Gasteiger partial charge < -0.3 is 0 Å². The minimum atomic E-state index is -0.660. The van der Waals surface area contributed by atoms with Crippen LogP contribution in [0.15, 0.2) is 72.9 Å². The zero-order valence-electron chi connectivity index (χ0n) is 14.9. The van der Waals surface area contributed by atoms with E-state index in [-0.39, 0.29) is 16.7 Å². The van der Waals surface area contributed by atoms with Crippen LogP contribution in [0.1, 0.15) is 5.56 Å². The lowest BCUT2D eigenvalue weighted by molar-refractivity contribution is 0.616. The van der Waals surface area contributed by atoms with Gasteiger partial charge >= 0.3 is 0 Å². The molecule has 1 heterocycles. The van der Waals surface area contributed by atoms with Gasteiger partial charge in [-0.3, -0.25) is 0 Å². The normalized spacial score (nSPS) is 10.6. The summed E-state index contributed by atoms with van der Waals surface area (Å²) in [5, 5.41) is 18.0. The van der Waals surface area contributed by atoms with E-state index in [4.69, 9.17) is 11.6 Å². The average molecular weight is 404 g/mol. The molecule has 4 aromatic rings. The van der Waals surface area contributed by atoms with Gasteiger partial charge in [-0.1, -0.05) is 35.9 Å². The Morgan fingerprint density at radius 2 is 1.66 bits per heavy atom. The summed E-state index contributed by atoms with van der Waals surface area (Å²) in [5.74, 6) is -1.28. The third-order valence-corrected chi connectivity index (χ3v) is 4.71. The van der Waals surface area contributed by atoms with E-state index in [0.717, 1.165) is 5.56 Å². The fourth-order valence-corrected chi connectivity index (χ4v) is 3.29. The third kappa shape index (κ3) is 3.71. The molecule has 3 aromatic carbocycles. The molecule has 0 saturated heterocycles. The van der Waals surface area contributed by atoms with Crippen molar-refractivity contribution in [2.24, 2.45) is 0 Å². The van der Waals surface area contributed by atoms with Crippen LogP contribution in [-0.4, -0.2) is 10.2 Å². The first-order valence-corrected chi connectivity index (χ1v) is 9.02. The highest BCUT2D eigenvalue weighted by molar-refractivity contribution is 6.30. The number of nitrogens with zero attached hydrogens (tertiary/aromatic N) is 3. The van der Waals surface area contributed by atoms with Crippen molar-refractivity contribution in [3.05, 3.63) is 95.1 Å². The largest absolute Gasteiger partial charge is 0.206 e. The number of nitriles is 1. The van der Waals surface area contributed by atoms with Crippen LogP contribution in [0.5, 0.6) is 0 Å². The molecule has 4 rings (SSSR count). The molecule has 1 aromatic heterocycles. The molecule has 0 spiro atoms.